The van der Waals surface area contributed by atoms with Crippen LogP contribution in [0.15, 0.2) is 91.3 Å². The van der Waals surface area contributed by atoms with Crippen molar-refractivity contribution in [1.82, 2.24) is 29.3 Å². The Labute approximate surface area is 197 Å². The molecule has 5 aromatic rings. The predicted molar refractivity (Wildman–Crippen MR) is 130 cm³/mol. The van der Waals surface area contributed by atoms with Gasteiger partial charge in [0, 0.05) is 37.0 Å². The van der Waals surface area contributed by atoms with Crippen LogP contribution in [0.25, 0.3) is 22.6 Å². The molecular weight excluding hydrogens is 424 g/mol. The maximum Gasteiger partial charge on any atom is 0.257 e. The highest BCUT2D eigenvalue weighted by Gasteiger charge is 2.30. The van der Waals surface area contributed by atoms with Gasteiger partial charge in [0.25, 0.3) is 5.91 Å². The zero-order chi connectivity index (χ0) is 22.9. The maximum absolute atomic E-state index is 13.8. The number of piperidine rings is 1. The molecule has 7 nitrogen and oxygen atoms in total. The SMILES string of the molecule is O=C(c1cn(-c2ccccc2)nc1-c1ccccc1)N1CCCC(c2nnc3ccccn23)C1. The van der Waals surface area contributed by atoms with Crippen molar-refractivity contribution in [3.05, 3.63) is 103 Å². The van der Waals surface area contributed by atoms with Gasteiger partial charge in [-0.3, -0.25) is 9.20 Å². The van der Waals surface area contributed by atoms with Gasteiger partial charge in [-0.25, -0.2) is 4.68 Å². The molecule has 0 spiro atoms. The Kier molecular flexibility index (Phi) is 5.14. The van der Waals surface area contributed by atoms with Crippen molar-refractivity contribution in [2.45, 2.75) is 18.8 Å². The summed E-state index contributed by atoms with van der Waals surface area (Å²) in [6.45, 7) is 1.33. The summed E-state index contributed by atoms with van der Waals surface area (Å²) >= 11 is 0. The van der Waals surface area contributed by atoms with Crippen LogP contribution in [0, 0.1) is 0 Å². The van der Waals surface area contributed by atoms with Crippen LogP contribution in [-0.2, 0) is 0 Å². The molecule has 4 heterocycles. The van der Waals surface area contributed by atoms with Crippen molar-refractivity contribution in [3.63, 3.8) is 0 Å². The zero-order valence-corrected chi connectivity index (χ0v) is 18.7. The molecule has 34 heavy (non-hydrogen) atoms. The first-order valence-electron chi connectivity index (χ1n) is 11.6. The molecule has 0 bridgehead atoms. The minimum Gasteiger partial charge on any atom is -0.338 e. The lowest BCUT2D eigenvalue weighted by Crippen LogP contribution is -2.39. The molecule has 0 saturated carbocycles. The normalized spacial score (nSPS) is 16.1. The molecule has 2 aromatic carbocycles. The first-order chi connectivity index (χ1) is 16.8. The molecule has 6 rings (SSSR count). The van der Waals surface area contributed by atoms with Crippen molar-refractivity contribution in [1.29, 1.82) is 0 Å². The van der Waals surface area contributed by atoms with Gasteiger partial charge in [-0.15, -0.1) is 10.2 Å². The lowest BCUT2D eigenvalue weighted by atomic mass is 9.96. The Balaban J connectivity index is 1.35. The summed E-state index contributed by atoms with van der Waals surface area (Å²) in [5, 5.41) is 13.6. The van der Waals surface area contributed by atoms with E-state index in [9.17, 15) is 4.79 Å². The van der Waals surface area contributed by atoms with Crippen molar-refractivity contribution in [2.75, 3.05) is 13.1 Å². The number of pyridine rings is 1. The van der Waals surface area contributed by atoms with Crippen molar-refractivity contribution >= 4 is 11.6 Å². The van der Waals surface area contributed by atoms with E-state index >= 15 is 0 Å². The molecule has 1 aliphatic rings. The van der Waals surface area contributed by atoms with E-state index in [1.807, 2.05) is 101 Å². The third-order valence-corrected chi connectivity index (χ3v) is 6.43. The molecule has 1 atom stereocenters. The van der Waals surface area contributed by atoms with Crippen molar-refractivity contribution in [2.24, 2.45) is 0 Å². The number of rotatable bonds is 4. The molecule has 1 aliphatic heterocycles. The van der Waals surface area contributed by atoms with Gasteiger partial charge in [0.05, 0.1) is 11.3 Å². The van der Waals surface area contributed by atoms with Crippen molar-refractivity contribution < 1.29 is 4.79 Å². The van der Waals surface area contributed by atoms with Gasteiger partial charge in [0.15, 0.2) is 5.65 Å². The summed E-state index contributed by atoms with van der Waals surface area (Å²) in [5.41, 5.74) is 3.99. The molecule has 0 N–H and O–H groups in total. The Morgan fingerprint density at radius 2 is 1.65 bits per heavy atom. The molecule has 1 unspecified atom stereocenters. The molecule has 1 fully saturated rings. The molecule has 7 heteroatoms. The van der Waals surface area contributed by atoms with E-state index in [1.165, 1.54) is 0 Å². The molecule has 3 aromatic heterocycles. The first-order valence-corrected chi connectivity index (χ1v) is 11.6. The van der Waals surface area contributed by atoms with Gasteiger partial charge in [0.1, 0.15) is 11.5 Å². The highest BCUT2D eigenvalue weighted by molar-refractivity contribution is 6.00. The van der Waals surface area contributed by atoms with Crippen LogP contribution in [0.3, 0.4) is 0 Å². The highest BCUT2D eigenvalue weighted by atomic mass is 16.2. The van der Waals surface area contributed by atoms with E-state index in [4.69, 9.17) is 5.10 Å². The van der Waals surface area contributed by atoms with Gasteiger partial charge in [0.2, 0.25) is 0 Å². The fourth-order valence-corrected chi connectivity index (χ4v) is 4.73. The number of para-hydroxylation sites is 1. The fourth-order valence-electron chi connectivity index (χ4n) is 4.73. The fraction of sp³-hybridized carbons (Fsp3) is 0.185. The number of nitrogens with zero attached hydrogens (tertiary/aromatic N) is 6. The van der Waals surface area contributed by atoms with Crippen LogP contribution < -0.4 is 0 Å². The monoisotopic (exact) mass is 448 g/mol. The summed E-state index contributed by atoms with van der Waals surface area (Å²) < 4.78 is 3.82. The zero-order valence-electron chi connectivity index (χ0n) is 18.7. The number of benzene rings is 2. The highest BCUT2D eigenvalue weighted by Crippen LogP contribution is 2.30. The second kappa shape index (κ2) is 8.59. The Bertz CT molecular complexity index is 1440. The Morgan fingerprint density at radius 1 is 0.882 bits per heavy atom. The second-order valence-corrected chi connectivity index (χ2v) is 8.61. The van der Waals surface area contributed by atoms with Gasteiger partial charge >= 0.3 is 0 Å². The van der Waals surface area contributed by atoms with Gasteiger partial charge < -0.3 is 4.90 Å². The molecule has 1 saturated heterocycles. The number of aromatic nitrogens is 5. The Hall–Kier alpha value is -4.26. The van der Waals surface area contributed by atoms with Gasteiger partial charge in [-0.1, -0.05) is 54.6 Å². The van der Waals surface area contributed by atoms with Crippen LogP contribution in [0.2, 0.25) is 0 Å². The standard InChI is InChI=1S/C27H24N6O/c34-27(31-16-9-12-21(18-31)26-29-28-24-15-7-8-17-32(24)26)23-19-33(22-13-5-2-6-14-22)30-25(23)20-10-3-1-4-11-20/h1-8,10-11,13-15,17,19,21H,9,12,16,18H2. The average molecular weight is 449 g/mol. The van der Waals surface area contributed by atoms with Crippen molar-refractivity contribution in [3.8, 4) is 16.9 Å². The van der Waals surface area contributed by atoms with Gasteiger partial charge in [-0.2, -0.15) is 5.10 Å². The average Bonchev–Trinajstić information content (AvgIpc) is 3.55. The lowest BCUT2D eigenvalue weighted by Gasteiger charge is -2.32. The summed E-state index contributed by atoms with van der Waals surface area (Å²) in [7, 11) is 0. The number of carbonyl (C=O) groups is 1. The number of carbonyl (C=O) groups excluding carboxylic acids is 1. The number of amides is 1. The number of hydrogen-bond donors (Lipinski definition) is 0. The maximum atomic E-state index is 13.8. The van der Waals surface area contributed by atoms with E-state index in [0.717, 1.165) is 42.1 Å². The lowest BCUT2D eigenvalue weighted by molar-refractivity contribution is 0.0705. The molecule has 168 valence electrons. The molecule has 1 amide bonds. The minimum atomic E-state index is -0.000412. The van der Waals surface area contributed by atoms with E-state index in [0.29, 0.717) is 17.8 Å². The molecule has 0 radical (unpaired) electrons. The van der Waals surface area contributed by atoms with Gasteiger partial charge in [-0.05, 0) is 37.1 Å². The molecule has 0 aliphatic carbocycles. The largest absolute Gasteiger partial charge is 0.338 e. The number of hydrogen-bond acceptors (Lipinski definition) is 4. The third kappa shape index (κ3) is 3.65. The summed E-state index contributed by atoms with van der Waals surface area (Å²) in [5.74, 6) is 1.05. The summed E-state index contributed by atoms with van der Waals surface area (Å²) in [6.07, 6.45) is 5.75. The van der Waals surface area contributed by atoms with Crippen LogP contribution in [0.1, 0.15) is 34.9 Å². The predicted octanol–water partition coefficient (Wildman–Crippen LogP) is 4.60. The van der Waals surface area contributed by atoms with Crippen LogP contribution in [-0.4, -0.2) is 48.3 Å². The molecular formula is C27H24N6O. The van der Waals surface area contributed by atoms with E-state index in [-0.39, 0.29) is 11.8 Å². The smallest absolute Gasteiger partial charge is 0.257 e. The number of likely N-dealkylation sites (tertiary alicyclic amines) is 1. The second-order valence-electron chi connectivity index (χ2n) is 8.61. The number of fused-ring (bicyclic) bond motifs is 1. The summed E-state index contributed by atoms with van der Waals surface area (Å²) in [6, 6.07) is 25.7. The third-order valence-electron chi connectivity index (χ3n) is 6.43. The van der Waals surface area contributed by atoms with E-state index in [1.54, 1.807) is 4.68 Å². The van der Waals surface area contributed by atoms with Crippen LogP contribution in [0.5, 0.6) is 0 Å². The summed E-state index contributed by atoms with van der Waals surface area (Å²) in [4.78, 5) is 15.8. The first kappa shape index (κ1) is 20.4. The van der Waals surface area contributed by atoms with Crippen LogP contribution in [0.4, 0.5) is 0 Å². The van der Waals surface area contributed by atoms with E-state index in [2.05, 4.69) is 10.2 Å². The van der Waals surface area contributed by atoms with Crippen LogP contribution >= 0.6 is 0 Å². The minimum absolute atomic E-state index is 0.000412. The Morgan fingerprint density at radius 3 is 2.47 bits per heavy atom. The topological polar surface area (TPSA) is 68.3 Å². The quantitative estimate of drug-likeness (QED) is 0.403. The van der Waals surface area contributed by atoms with E-state index < -0.39 is 0 Å².